The SMILES string of the molecule is COc1ccccc1C1SCC(=O)N(CC(=O)NCc2ccc(F)cc2)c2c1c(-c1ccccc1)nn2-c1ccc(F)cc1. The van der Waals surface area contributed by atoms with Crippen LogP contribution in [-0.2, 0) is 16.1 Å². The number of aromatic nitrogens is 2. The van der Waals surface area contributed by atoms with Crippen molar-refractivity contribution < 1.29 is 23.1 Å². The fraction of sp³-hybridized carbons (Fsp3) is 0.147. The predicted octanol–water partition coefficient (Wildman–Crippen LogP) is 6.31. The quantitative estimate of drug-likeness (QED) is 0.223. The summed E-state index contributed by atoms with van der Waals surface area (Å²) >= 11 is 1.43. The van der Waals surface area contributed by atoms with Gasteiger partial charge in [0.25, 0.3) is 0 Å². The minimum atomic E-state index is -0.411. The molecule has 7 nitrogen and oxygen atoms in total. The molecule has 0 bridgehead atoms. The number of nitrogens with one attached hydrogen (secondary N) is 1. The summed E-state index contributed by atoms with van der Waals surface area (Å²) in [6.45, 7) is -0.119. The normalized spacial score (nSPS) is 14.6. The van der Waals surface area contributed by atoms with Gasteiger partial charge in [-0.1, -0.05) is 60.7 Å². The molecule has 2 heterocycles. The molecule has 10 heteroatoms. The lowest BCUT2D eigenvalue weighted by Crippen LogP contribution is -2.42. The molecule has 1 unspecified atom stereocenters. The van der Waals surface area contributed by atoms with Crippen molar-refractivity contribution in [1.82, 2.24) is 15.1 Å². The highest BCUT2D eigenvalue weighted by molar-refractivity contribution is 8.00. The molecule has 0 fully saturated rings. The number of methoxy groups -OCH3 is 1. The maximum absolute atomic E-state index is 14.0. The van der Waals surface area contributed by atoms with Crippen LogP contribution in [0.25, 0.3) is 16.9 Å². The first-order valence-electron chi connectivity index (χ1n) is 13.9. The van der Waals surface area contributed by atoms with Crippen molar-refractivity contribution in [2.45, 2.75) is 11.8 Å². The molecule has 5 aromatic rings. The number of rotatable bonds is 8. The number of nitrogens with zero attached hydrogens (tertiary/aromatic N) is 3. The van der Waals surface area contributed by atoms with Crippen LogP contribution in [0.3, 0.4) is 0 Å². The molecule has 6 rings (SSSR count). The Hall–Kier alpha value is -4.96. The predicted molar refractivity (Wildman–Crippen MR) is 167 cm³/mol. The third-order valence-electron chi connectivity index (χ3n) is 7.33. The molecule has 1 aliphatic heterocycles. The molecule has 0 spiro atoms. The number of hydrogen-bond acceptors (Lipinski definition) is 5. The van der Waals surface area contributed by atoms with Crippen LogP contribution < -0.4 is 15.0 Å². The molecule has 2 amide bonds. The summed E-state index contributed by atoms with van der Waals surface area (Å²) in [5, 5.41) is 7.46. The zero-order valence-corrected chi connectivity index (χ0v) is 24.6. The van der Waals surface area contributed by atoms with Crippen LogP contribution >= 0.6 is 11.8 Å². The highest BCUT2D eigenvalue weighted by Gasteiger charge is 2.38. The second-order valence-corrected chi connectivity index (χ2v) is 11.2. The fourth-order valence-corrected chi connectivity index (χ4v) is 6.44. The van der Waals surface area contributed by atoms with Gasteiger partial charge in [-0.05, 0) is 48.0 Å². The Labute approximate surface area is 257 Å². The number of fused-ring (bicyclic) bond motifs is 1. The number of benzene rings is 4. The van der Waals surface area contributed by atoms with Crippen LogP contribution in [0.5, 0.6) is 5.75 Å². The minimum absolute atomic E-state index is 0.0836. The van der Waals surface area contributed by atoms with Gasteiger partial charge in [0.2, 0.25) is 11.8 Å². The second-order valence-electron chi connectivity index (χ2n) is 10.2. The molecule has 0 aliphatic carbocycles. The monoisotopic (exact) mass is 610 g/mol. The number of ether oxygens (including phenoxy) is 1. The summed E-state index contributed by atoms with van der Waals surface area (Å²) in [6, 6.07) is 28.9. The van der Waals surface area contributed by atoms with Gasteiger partial charge < -0.3 is 10.1 Å². The summed E-state index contributed by atoms with van der Waals surface area (Å²) in [7, 11) is 1.60. The largest absolute Gasteiger partial charge is 0.496 e. The number of halogens is 2. The zero-order valence-electron chi connectivity index (χ0n) is 23.7. The van der Waals surface area contributed by atoms with E-state index in [1.807, 2.05) is 54.6 Å². The lowest BCUT2D eigenvalue weighted by atomic mass is 9.99. The van der Waals surface area contributed by atoms with Crippen LogP contribution in [-0.4, -0.2) is 41.0 Å². The fourth-order valence-electron chi connectivity index (χ4n) is 5.22. The summed E-state index contributed by atoms with van der Waals surface area (Å²) < 4.78 is 34.7. The van der Waals surface area contributed by atoms with Crippen molar-refractivity contribution in [3.63, 3.8) is 0 Å². The first kappa shape index (κ1) is 29.1. The number of para-hydroxylation sites is 1. The van der Waals surface area contributed by atoms with Gasteiger partial charge in [0.15, 0.2) is 0 Å². The molecular formula is C34H28F2N4O3S. The average Bonchev–Trinajstić information content (AvgIpc) is 3.38. The average molecular weight is 611 g/mol. The van der Waals surface area contributed by atoms with E-state index in [4.69, 9.17) is 9.84 Å². The smallest absolute Gasteiger partial charge is 0.240 e. The van der Waals surface area contributed by atoms with E-state index in [9.17, 15) is 18.4 Å². The number of carbonyl (C=O) groups is 2. The molecule has 4 aromatic carbocycles. The third kappa shape index (κ3) is 5.93. The Morgan fingerprint density at radius 3 is 2.30 bits per heavy atom. The Morgan fingerprint density at radius 1 is 0.932 bits per heavy atom. The summed E-state index contributed by atoms with van der Waals surface area (Å²) in [5.74, 6) is -0.309. The summed E-state index contributed by atoms with van der Waals surface area (Å²) in [6.07, 6.45) is 0. The molecule has 44 heavy (non-hydrogen) atoms. The number of anilines is 1. The van der Waals surface area contributed by atoms with Crippen molar-refractivity contribution in [3.8, 4) is 22.7 Å². The van der Waals surface area contributed by atoms with Crippen molar-refractivity contribution >= 4 is 29.4 Å². The van der Waals surface area contributed by atoms with E-state index in [0.29, 0.717) is 22.9 Å². The van der Waals surface area contributed by atoms with Crippen LogP contribution in [0, 0.1) is 11.6 Å². The number of thioether (sulfide) groups is 1. The molecule has 1 N–H and O–H groups in total. The van der Waals surface area contributed by atoms with Gasteiger partial charge in [0.1, 0.15) is 29.7 Å². The molecule has 222 valence electrons. The zero-order chi connectivity index (χ0) is 30.6. The van der Waals surface area contributed by atoms with E-state index >= 15 is 0 Å². The topological polar surface area (TPSA) is 76.5 Å². The Kier molecular flexibility index (Phi) is 8.42. The van der Waals surface area contributed by atoms with Crippen LogP contribution in [0.2, 0.25) is 0 Å². The van der Waals surface area contributed by atoms with Crippen molar-refractivity contribution in [1.29, 1.82) is 0 Å². The Morgan fingerprint density at radius 2 is 1.59 bits per heavy atom. The highest BCUT2D eigenvalue weighted by Crippen LogP contribution is 2.50. The maximum atomic E-state index is 14.0. The maximum Gasteiger partial charge on any atom is 0.240 e. The van der Waals surface area contributed by atoms with Gasteiger partial charge in [-0.15, -0.1) is 11.8 Å². The van der Waals surface area contributed by atoms with Gasteiger partial charge in [-0.2, -0.15) is 5.10 Å². The van der Waals surface area contributed by atoms with Crippen molar-refractivity contribution in [3.05, 3.63) is 131 Å². The standard InChI is InChI=1S/C34H28F2N4O3S/c1-43-28-10-6-5-9-27(28)33-31-32(23-7-3-2-4-8-23)38-40(26-17-15-25(36)16-18-26)34(31)39(30(42)21-44-33)20-29(41)37-19-22-11-13-24(35)14-12-22/h2-18,33H,19-21H2,1H3,(H,37,41). The third-order valence-corrected chi connectivity index (χ3v) is 8.57. The van der Waals surface area contributed by atoms with E-state index in [1.165, 1.54) is 40.9 Å². The van der Waals surface area contributed by atoms with E-state index in [-0.39, 0.29) is 35.8 Å². The first-order chi connectivity index (χ1) is 21.4. The second kappa shape index (κ2) is 12.7. The molecule has 0 saturated heterocycles. The number of amides is 2. The first-order valence-corrected chi connectivity index (χ1v) is 15.0. The minimum Gasteiger partial charge on any atom is -0.496 e. The number of carbonyl (C=O) groups excluding carboxylic acids is 2. The van der Waals surface area contributed by atoms with E-state index in [1.54, 1.807) is 36.1 Å². The molecule has 1 aromatic heterocycles. The Balaban J connectivity index is 1.51. The van der Waals surface area contributed by atoms with Gasteiger partial charge in [-0.3, -0.25) is 14.5 Å². The van der Waals surface area contributed by atoms with Crippen LogP contribution in [0.1, 0.15) is 21.9 Å². The summed E-state index contributed by atoms with van der Waals surface area (Å²) in [4.78, 5) is 28.7. The van der Waals surface area contributed by atoms with E-state index < -0.39 is 11.7 Å². The van der Waals surface area contributed by atoms with Crippen LogP contribution in [0.15, 0.2) is 103 Å². The lowest BCUT2D eigenvalue weighted by Gasteiger charge is -2.23. The molecule has 1 atom stereocenters. The summed E-state index contributed by atoms with van der Waals surface area (Å²) in [5.41, 5.74) is 4.27. The number of hydrogen-bond donors (Lipinski definition) is 1. The molecular weight excluding hydrogens is 582 g/mol. The Bertz CT molecular complexity index is 1790. The van der Waals surface area contributed by atoms with E-state index in [0.717, 1.165) is 22.3 Å². The van der Waals surface area contributed by atoms with Gasteiger partial charge >= 0.3 is 0 Å². The highest BCUT2D eigenvalue weighted by atomic mass is 32.2. The lowest BCUT2D eigenvalue weighted by molar-refractivity contribution is -0.123. The molecule has 1 aliphatic rings. The van der Waals surface area contributed by atoms with Crippen LogP contribution in [0.4, 0.5) is 14.6 Å². The van der Waals surface area contributed by atoms with E-state index in [2.05, 4.69) is 5.32 Å². The van der Waals surface area contributed by atoms with Crippen molar-refractivity contribution in [2.75, 3.05) is 24.3 Å². The van der Waals surface area contributed by atoms with Gasteiger partial charge in [0, 0.05) is 23.2 Å². The molecule has 0 saturated carbocycles. The molecule has 0 radical (unpaired) electrons. The van der Waals surface area contributed by atoms with Gasteiger partial charge in [-0.25, -0.2) is 13.5 Å². The van der Waals surface area contributed by atoms with Crippen molar-refractivity contribution in [2.24, 2.45) is 0 Å². The van der Waals surface area contributed by atoms with Gasteiger partial charge in [0.05, 0.1) is 29.5 Å².